The monoisotopic (exact) mass is 368 g/mol. The fourth-order valence-corrected chi connectivity index (χ4v) is 2.48. The number of halogens is 6. The van der Waals surface area contributed by atoms with Gasteiger partial charge in [-0.15, -0.1) is 0 Å². The van der Waals surface area contributed by atoms with E-state index in [9.17, 15) is 26.3 Å². The van der Waals surface area contributed by atoms with Crippen LogP contribution in [0, 0.1) is 0 Å². The van der Waals surface area contributed by atoms with Crippen molar-refractivity contribution in [2.75, 3.05) is 0 Å². The molecule has 0 atom stereocenters. The second kappa shape index (κ2) is 6.44. The molecule has 0 saturated carbocycles. The van der Waals surface area contributed by atoms with Gasteiger partial charge in [0.1, 0.15) is 5.56 Å². The lowest BCUT2D eigenvalue weighted by molar-refractivity contribution is -0.165. The summed E-state index contributed by atoms with van der Waals surface area (Å²) in [5.41, 5.74) is -2.51. The molecule has 0 aliphatic rings. The molecule has 0 radical (unpaired) electrons. The third-order valence-corrected chi connectivity index (χ3v) is 3.62. The highest BCUT2D eigenvalue weighted by molar-refractivity contribution is 5.80. The highest BCUT2D eigenvalue weighted by Crippen LogP contribution is 2.40. The van der Waals surface area contributed by atoms with E-state index >= 15 is 0 Å². The van der Waals surface area contributed by atoms with Crippen LogP contribution in [-0.2, 0) is 12.4 Å². The summed E-state index contributed by atoms with van der Waals surface area (Å²) in [4.78, 5) is 6.76. The first kappa shape index (κ1) is 17.9. The van der Waals surface area contributed by atoms with Crippen molar-refractivity contribution in [2.45, 2.75) is 12.4 Å². The van der Waals surface area contributed by atoms with Gasteiger partial charge in [-0.1, -0.05) is 54.6 Å². The summed E-state index contributed by atoms with van der Waals surface area (Å²) in [5.74, 6) is -0.426. The smallest absolute Gasteiger partial charge is 0.236 e. The Morgan fingerprint density at radius 1 is 0.654 bits per heavy atom. The largest absolute Gasteiger partial charge is 0.434 e. The Morgan fingerprint density at radius 3 is 1.81 bits per heavy atom. The Bertz CT molecular complexity index is 917. The molecule has 0 saturated heterocycles. The quantitative estimate of drug-likeness (QED) is 0.531. The minimum Gasteiger partial charge on any atom is -0.236 e. The molecule has 0 aliphatic carbocycles. The third-order valence-electron chi connectivity index (χ3n) is 3.62. The molecule has 8 heteroatoms. The van der Waals surface area contributed by atoms with Crippen molar-refractivity contribution in [3.05, 3.63) is 72.1 Å². The van der Waals surface area contributed by atoms with Crippen molar-refractivity contribution < 1.29 is 26.3 Å². The average Bonchev–Trinajstić information content (AvgIpc) is 2.60. The van der Waals surface area contributed by atoms with Gasteiger partial charge in [0.2, 0.25) is 0 Å². The summed E-state index contributed by atoms with van der Waals surface area (Å²) in [6.45, 7) is 0. The Balaban J connectivity index is 2.21. The summed E-state index contributed by atoms with van der Waals surface area (Å²) in [6, 6.07) is 15.0. The minimum absolute atomic E-state index is 0.174. The van der Waals surface area contributed by atoms with Crippen LogP contribution in [0.25, 0.3) is 22.5 Å². The van der Waals surface area contributed by atoms with E-state index in [0.717, 1.165) is 0 Å². The van der Waals surface area contributed by atoms with E-state index in [1.54, 1.807) is 48.5 Å². The molecule has 0 N–H and O–H groups in total. The first-order valence-electron chi connectivity index (χ1n) is 7.34. The molecule has 0 aliphatic heterocycles. The maximum absolute atomic E-state index is 13.1. The van der Waals surface area contributed by atoms with E-state index in [2.05, 4.69) is 9.97 Å². The lowest BCUT2D eigenvalue weighted by Crippen LogP contribution is -2.19. The number of benzene rings is 2. The van der Waals surface area contributed by atoms with Crippen LogP contribution in [0.1, 0.15) is 11.3 Å². The molecule has 26 heavy (non-hydrogen) atoms. The van der Waals surface area contributed by atoms with E-state index in [1.807, 2.05) is 0 Å². The SMILES string of the molecule is FC(F)(F)c1cnc(-c2ccccc2-c2ccccc2)nc1C(F)(F)F. The van der Waals surface area contributed by atoms with E-state index in [4.69, 9.17) is 0 Å². The van der Waals surface area contributed by atoms with Crippen LogP contribution in [0.3, 0.4) is 0 Å². The van der Waals surface area contributed by atoms with E-state index < -0.39 is 29.4 Å². The van der Waals surface area contributed by atoms with Crippen LogP contribution in [0.4, 0.5) is 26.3 Å². The molecule has 3 aromatic rings. The van der Waals surface area contributed by atoms with Gasteiger partial charge in [-0.25, -0.2) is 9.97 Å². The summed E-state index contributed by atoms with van der Waals surface area (Å²) in [6.07, 6.45) is -10.3. The van der Waals surface area contributed by atoms with E-state index in [1.165, 1.54) is 6.07 Å². The average molecular weight is 368 g/mol. The minimum atomic E-state index is -5.26. The maximum atomic E-state index is 13.1. The van der Waals surface area contributed by atoms with Crippen LogP contribution in [-0.4, -0.2) is 9.97 Å². The fourth-order valence-electron chi connectivity index (χ4n) is 2.48. The number of nitrogens with zero attached hydrogens (tertiary/aromatic N) is 2. The first-order valence-corrected chi connectivity index (χ1v) is 7.34. The lowest BCUT2D eigenvalue weighted by Gasteiger charge is -2.16. The molecule has 1 heterocycles. The Kier molecular flexibility index (Phi) is 4.43. The fraction of sp³-hybridized carbons (Fsp3) is 0.111. The van der Waals surface area contributed by atoms with Gasteiger partial charge in [0.25, 0.3) is 0 Å². The molecule has 2 nitrogen and oxygen atoms in total. The van der Waals surface area contributed by atoms with Gasteiger partial charge in [-0.2, -0.15) is 26.3 Å². The second-order valence-electron chi connectivity index (χ2n) is 5.36. The van der Waals surface area contributed by atoms with Gasteiger partial charge in [-0.05, 0) is 11.1 Å². The Morgan fingerprint density at radius 2 is 1.23 bits per heavy atom. The highest BCUT2D eigenvalue weighted by Gasteiger charge is 2.45. The molecule has 134 valence electrons. The number of rotatable bonds is 2. The lowest BCUT2D eigenvalue weighted by atomic mass is 9.99. The van der Waals surface area contributed by atoms with Crippen LogP contribution in [0.2, 0.25) is 0 Å². The Hall–Kier alpha value is -2.90. The summed E-state index contributed by atoms with van der Waals surface area (Å²) >= 11 is 0. The van der Waals surface area contributed by atoms with Gasteiger partial charge in [0, 0.05) is 11.8 Å². The van der Waals surface area contributed by atoms with Gasteiger partial charge in [0.05, 0.1) is 0 Å². The summed E-state index contributed by atoms with van der Waals surface area (Å²) in [7, 11) is 0. The van der Waals surface area contributed by atoms with Crippen molar-refractivity contribution in [1.82, 2.24) is 9.97 Å². The maximum Gasteiger partial charge on any atom is 0.434 e. The molecule has 0 amide bonds. The predicted octanol–water partition coefficient (Wildman–Crippen LogP) is 5.85. The molecule has 0 spiro atoms. The molecule has 2 aromatic carbocycles. The van der Waals surface area contributed by atoms with Gasteiger partial charge in [0.15, 0.2) is 11.5 Å². The van der Waals surface area contributed by atoms with Crippen molar-refractivity contribution >= 4 is 0 Å². The summed E-state index contributed by atoms with van der Waals surface area (Å²) < 4.78 is 78.0. The van der Waals surface area contributed by atoms with Gasteiger partial charge in [-0.3, -0.25) is 0 Å². The molecule has 1 aromatic heterocycles. The predicted molar refractivity (Wildman–Crippen MR) is 82.9 cm³/mol. The zero-order chi connectivity index (χ0) is 18.9. The zero-order valence-corrected chi connectivity index (χ0v) is 12.9. The zero-order valence-electron chi connectivity index (χ0n) is 12.9. The van der Waals surface area contributed by atoms with Crippen LogP contribution >= 0.6 is 0 Å². The van der Waals surface area contributed by atoms with Crippen LogP contribution < -0.4 is 0 Å². The molecule has 0 bridgehead atoms. The molecular formula is C18H10F6N2. The van der Waals surface area contributed by atoms with Crippen molar-refractivity contribution in [3.63, 3.8) is 0 Å². The number of hydrogen-bond donors (Lipinski definition) is 0. The molecule has 3 rings (SSSR count). The van der Waals surface area contributed by atoms with Crippen molar-refractivity contribution in [3.8, 4) is 22.5 Å². The second-order valence-corrected chi connectivity index (χ2v) is 5.36. The van der Waals surface area contributed by atoms with Gasteiger partial charge >= 0.3 is 12.4 Å². The first-order chi connectivity index (χ1) is 12.2. The number of hydrogen-bond acceptors (Lipinski definition) is 2. The van der Waals surface area contributed by atoms with Gasteiger partial charge < -0.3 is 0 Å². The summed E-state index contributed by atoms with van der Waals surface area (Å²) in [5, 5.41) is 0. The molecule has 0 fully saturated rings. The standard InChI is InChI=1S/C18H10F6N2/c19-17(20,21)14-10-25-16(26-15(14)18(22,23)24)13-9-5-4-8-12(13)11-6-2-1-3-7-11/h1-10H. The number of alkyl halides is 6. The topological polar surface area (TPSA) is 25.8 Å². The molecule has 0 unspecified atom stereocenters. The normalized spacial score (nSPS) is 12.2. The van der Waals surface area contributed by atoms with E-state index in [0.29, 0.717) is 11.1 Å². The Labute approximate surface area is 144 Å². The number of aromatic nitrogens is 2. The molecular weight excluding hydrogens is 358 g/mol. The highest BCUT2D eigenvalue weighted by atomic mass is 19.4. The van der Waals surface area contributed by atoms with Crippen molar-refractivity contribution in [1.29, 1.82) is 0 Å². The van der Waals surface area contributed by atoms with Crippen molar-refractivity contribution in [2.24, 2.45) is 0 Å². The van der Waals surface area contributed by atoms with E-state index in [-0.39, 0.29) is 11.8 Å². The van der Waals surface area contributed by atoms with Crippen LogP contribution in [0.15, 0.2) is 60.8 Å². The third kappa shape index (κ3) is 3.54. The van der Waals surface area contributed by atoms with Crippen LogP contribution in [0.5, 0.6) is 0 Å².